The minimum atomic E-state index is -0.134. The van der Waals surface area contributed by atoms with Gasteiger partial charge in [0.05, 0.1) is 6.34 Å². The smallest absolute Gasteiger partial charge is 0.157 e. The maximum absolute atomic E-state index is 6.51. The predicted molar refractivity (Wildman–Crippen MR) is 185 cm³/mol. The van der Waals surface area contributed by atoms with Crippen LogP contribution in [0.2, 0.25) is 0 Å². The maximum atomic E-state index is 6.51. The van der Waals surface area contributed by atoms with E-state index in [0.29, 0.717) is 0 Å². The number of nitrogens with one attached hydrogen (secondary N) is 1. The SMILES string of the molecule is C1=Nc2c(oc3ccc(-c4ccc(-c5ccccc5)cc4)cc23)C(c2cccc(-c3cccc4c3sc3ccccc34)c2)N1. The van der Waals surface area contributed by atoms with Crippen molar-refractivity contribution in [1.82, 2.24) is 5.32 Å². The summed E-state index contributed by atoms with van der Waals surface area (Å²) in [6, 6.07) is 49.6. The molecule has 0 fully saturated rings. The second kappa shape index (κ2) is 10.1. The number of benzene rings is 6. The molecule has 6 aromatic carbocycles. The van der Waals surface area contributed by atoms with Gasteiger partial charge >= 0.3 is 0 Å². The van der Waals surface area contributed by atoms with E-state index in [-0.39, 0.29) is 6.04 Å². The molecule has 1 N–H and O–H groups in total. The molecular formula is C40H26N2OS. The lowest BCUT2D eigenvalue weighted by Crippen LogP contribution is -2.23. The summed E-state index contributed by atoms with van der Waals surface area (Å²) in [6.07, 6.45) is 1.81. The van der Waals surface area contributed by atoms with Crippen LogP contribution in [0.25, 0.3) is 64.5 Å². The van der Waals surface area contributed by atoms with E-state index in [0.717, 1.165) is 33.5 Å². The lowest BCUT2D eigenvalue weighted by molar-refractivity contribution is 0.506. The number of hydrogen-bond donors (Lipinski definition) is 1. The Morgan fingerprint density at radius 2 is 1.27 bits per heavy atom. The van der Waals surface area contributed by atoms with Gasteiger partial charge in [0, 0.05) is 25.6 Å². The Morgan fingerprint density at radius 3 is 2.16 bits per heavy atom. The van der Waals surface area contributed by atoms with Crippen molar-refractivity contribution in [2.45, 2.75) is 6.04 Å². The zero-order valence-corrected chi connectivity index (χ0v) is 24.5. The van der Waals surface area contributed by atoms with Crippen LogP contribution in [-0.2, 0) is 0 Å². The third-order valence-corrected chi connectivity index (χ3v) is 9.87. The number of nitrogens with zero attached hydrogens (tertiary/aromatic N) is 1. The van der Waals surface area contributed by atoms with Crippen LogP contribution in [0.3, 0.4) is 0 Å². The number of rotatable bonds is 4. The van der Waals surface area contributed by atoms with E-state index < -0.39 is 0 Å². The molecule has 0 saturated heterocycles. The van der Waals surface area contributed by atoms with Gasteiger partial charge in [0.2, 0.25) is 0 Å². The predicted octanol–water partition coefficient (Wildman–Crippen LogP) is 11.2. The first-order valence-corrected chi connectivity index (χ1v) is 15.6. The van der Waals surface area contributed by atoms with Gasteiger partial charge in [-0.3, -0.25) is 0 Å². The molecule has 208 valence electrons. The molecule has 1 unspecified atom stereocenters. The van der Waals surface area contributed by atoms with Crippen LogP contribution < -0.4 is 5.32 Å². The number of furan rings is 1. The molecule has 4 heteroatoms. The lowest BCUT2D eigenvalue weighted by atomic mass is 9.96. The van der Waals surface area contributed by atoms with Crippen molar-refractivity contribution in [2.75, 3.05) is 0 Å². The van der Waals surface area contributed by atoms with Crippen molar-refractivity contribution in [2.24, 2.45) is 4.99 Å². The average molecular weight is 583 g/mol. The summed E-state index contributed by atoms with van der Waals surface area (Å²) in [7, 11) is 0. The van der Waals surface area contributed by atoms with Crippen LogP contribution in [-0.4, -0.2) is 6.34 Å². The number of aliphatic imine (C=N–C) groups is 1. The standard InChI is InChI=1S/C40H26N2OS/c1-2-8-25(9-3-1)26-16-18-27(19-17-26)28-20-21-35-34(23-28)38-39(43-35)37(41-24-42-38)30-11-6-10-29(22-30)31-13-7-14-33-32-12-4-5-15-36(32)44-40(31)33/h1-24,37H,(H,41,42). The topological polar surface area (TPSA) is 37.5 Å². The Balaban J connectivity index is 1.09. The number of hydrogen-bond acceptors (Lipinski definition) is 4. The van der Waals surface area contributed by atoms with Crippen LogP contribution in [0.4, 0.5) is 5.69 Å². The highest BCUT2D eigenvalue weighted by Crippen LogP contribution is 2.44. The van der Waals surface area contributed by atoms with Crippen molar-refractivity contribution in [3.63, 3.8) is 0 Å². The summed E-state index contributed by atoms with van der Waals surface area (Å²) in [5.74, 6) is 0.844. The molecule has 0 saturated carbocycles. The highest BCUT2D eigenvalue weighted by molar-refractivity contribution is 7.26. The second-order valence-electron chi connectivity index (χ2n) is 11.2. The summed E-state index contributed by atoms with van der Waals surface area (Å²) < 4.78 is 9.14. The van der Waals surface area contributed by atoms with Crippen LogP contribution in [0.5, 0.6) is 0 Å². The summed E-state index contributed by atoms with van der Waals surface area (Å²) in [5, 5.41) is 7.12. The third kappa shape index (κ3) is 4.07. The fraction of sp³-hybridized carbons (Fsp3) is 0.0250. The van der Waals surface area contributed by atoms with E-state index in [2.05, 4.69) is 139 Å². The molecule has 0 radical (unpaired) electrons. The minimum absolute atomic E-state index is 0.134. The van der Waals surface area contributed by atoms with Crippen molar-refractivity contribution in [3.8, 4) is 33.4 Å². The molecule has 1 aliphatic rings. The van der Waals surface area contributed by atoms with Gasteiger partial charge in [-0.25, -0.2) is 4.99 Å². The molecule has 0 aliphatic carbocycles. The summed E-state index contributed by atoms with van der Waals surface area (Å²) in [6.45, 7) is 0. The summed E-state index contributed by atoms with van der Waals surface area (Å²) >= 11 is 1.86. The van der Waals surface area contributed by atoms with Crippen molar-refractivity contribution < 1.29 is 4.42 Å². The highest BCUT2D eigenvalue weighted by Gasteiger charge is 2.27. The van der Waals surface area contributed by atoms with Gasteiger partial charge in [0.25, 0.3) is 0 Å². The monoisotopic (exact) mass is 582 g/mol. The summed E-state index contributed by atoms with van der Waals surface area (Å²) in [5.41, 5.74) is 10.1. The van der Waals surface area contributed by atoms with Gasteiger partial charge in [-0.15, -0.1) is 11.3 Å². The summed E-state index contributed by atoms with van der Waals surface area (Å²) in [4.78, 5) is 4.76. The Bertz CT molecular complexity index is 2360. The molecule has 2 aromatic heterocycles. The van der Waals surface area contributed by atoms with Crippen molar-refractivity contribution in [3.05, 3.63) is 151 Å². The van der Waals surface area contributed by atoms with Crippen molar-refractivity contribution >= 4 is 54.5 Å². The van der Waals surface area contributed by atoms with Gasteiger partial charge in [-0.1, -0.05) is 115 Å². The molecule has 3 nitrogen and oxygen atoms in total. The zero-order valence-electron chi connectivity index (χ0n) is 23.7. The van der Waals surface area contributed by atoms with E-state index in [1.807, 2.05) is 23.7 Å². The van der Waals surface area contributed by atoms with Gasteiger partial charge in [0.15, 0.2) is 5.76 Å². The minimum Gasteiger partial charge on any atom is -0.456 e. The molecule has 0 bridgehead atoms. The first-order valence-electron chi connectivity index (χ1n) is 14.8. The molecule has 44 heavy (non-hydrogen) atoms. The van der Waals surface area contributed by atoms with Crippen molar-refractivity contribution in [1.29, 1.82) is 0 Å². The Hall–Kier alpha value is -5.45. The molecule has 3 heterocycles. The zero-order chi connectivity index (χ0) is 29.0. The molecule has 0 spiro atoms. The normalized spacial score (nSPS) is 14.2. The average Bonchev–Trinajstić information content (AvgIpc) is 3.67. The van der Waals surface area contributed by atoms with E-state index in [1.165, 1.54) is 48.0 Å². The molecular weight excluding hydrogens is 557 g/mol. The van der Waals surface area contributed by atoms with Crippen LogP contribution >= 0.6 is 11.3 Å². The van der Waals surface area contributed by atoms with E-state index in [4.69, 9.17) is 9.41 Å². The maximum Gasteiger partial charge on any atom is 0.157 e. The van der Waals surface area contributed by atoms with Crippen LogP contribution in [0, 0.1) is 0 Å². The Morgan fingerprint density at radius 1 is 0.568 bits per heavy atom. The first-order chi connectivity index (χ1) is 21.8. The first kappa shape index (κ1) is 25.1. The van der Waals surface area contributed by atoms with Gasteiger partial charge in [-0.05, 0) is 63.2 Å². The van der Waals surface area contributed by atoms with Crippen LogP contribution in [0.1, 0.15) is 17.4 Å². The molecule has 1 aliphatic heterocycles. The number of fused-ring (bicyclic) bond motifs is 6. The molecule has 8 aromatic rings. The van der Waals surface area contributed by atoms with Crippen LogP contribution in [0.15, 0.2) is 149 Å². The van der Waals surface area contributed by atoms with E-state index in [1.54, 1.807) is 0 Å². The van der Waals surface area contributed by atoms with Gasteiger partial charge < -0.3 is 9.73 Å². The Kier molecular flexibility index (Phi) is 5.75. The van der Waals surface area contributed by atoms with E-state index >= 15 is 0 Å². The lowest BCUT2D eigenvalue weighted by Gasteiger charge is -2.20. The molecule has 0 amide bonds. The molecule has 9 rings (SSSR count). The van der Waals surface area contributed by atoms with Gasteiger partial charge in [-0.2, -0.15) is 0 Å². The second-order valence-corrected chi connectivity index (χ2v) is 12.3. The largest absolute Gasteiger partial charge is 0.456 e. The number of thiophene rings is 1. The highest BCUT2D eigenvalue weighted by atomic mass is 32.1. The fourth-order valence-electron chi connectivity index (χ4n) is 6.46. The van der Waals surface area contributed by atoms with E-state index in [9.17, 15) is 0 Å². The quantitative estimate of drug-likeness (QED) is 0.224. The molecule has 1 atom stereocenters. The fourth-order valence-corrected chi connectivity index (χ4v) is 7.70. The Labute approximate surface area is 258 Å². The van der Waals surface area contributed by atoms with Gasteiger partial charge in [0.1, 0.15) is 17.3 Å². The third-order valence-electron chi connectivity index (χ3n) is 8.65.